The summed E-state index contributed by atoms with van der Waals surface area (Å²) in [7, 11) is -3.71. The Labute approximate surface area is 188 Å². The van der Waals surface area contributed by atoms with E-state index in [1.807, 2.05) is 42.5 Å². The zero-order valence-corrected chi connectivity index (χ0v) is 19.3. The molecule has 0 spiro atoms. The Morgan fingerprint density at radius 2 is 1.26 bits per heavy atom. The average Bonchev–Trinajstić information content (AvgIpc) is 2.78. The van der Waals surface area contributed by atoms with Crippen LogP contribution in [0.25, 0.3) is 0 Å². The number of ether oxygens (including phenoxy) is 1. The number of aryl methyl sites for hydroxylation is 1. The minimum absolute atomic E-state index is 0.167. The number of unbranched alkanes of at least 4 members (excludes halogenated alkanes) is 9. The van der Waals surface area contributed by atoms with Gasteiger partial charge in [0.05, 0.1) is 12.9 Å². The van der Waals surface area contributed by atoms with Crippen molar-refractivity contribution in [3.05, 3.63) is 73.0 Å². The van der Waals surface area contributed by atoms with Gasteiger partial charge < -0.3 is 8.92 Å². The molecule has 31 heavy (non-hydrogen) atoms. The van der Waals surface area contributed by atoms with E-state index < -0.39 is 10.1 Å². The smallest absolute Gasteiger partial charge is 0.338 e. The fourth-order valence-corrected chi connectivity index (χ4v) is 4.28. The fraction of sp³-hybridized carbons (Fsp3) is 0.462. The van der Waals surface area contributed by atoms with Crippen molar-refractivity contribution in [2.24, 2.45) is 0 Å². The van der Waals surface area contributed by atoms with Crippen LogP contribution in [-0.4, -0.2) is 15.0 Å². The van der Waals surface area contributed by atoms with Gasteiger partial charge in [-0.05, 0) is 49.1 Å². The van der Waals surface area contributed by atoms with Crippen LogP contribution in [0.15, 0.2) is 72.3 Å². The van der Waals surface area contributed by atoms with Gasteiger partial charge in [0.15, 0.2) is 0 Å². The van der Waals surface area contributed by atoms with E-state index in [0.717, 1.165) is 43.4 Å². The first-order chi connectivity index (χ1) is 15.1. The quantitative estimate of drug-likeness (QED) is 0.149. The summed E-state index contributed by atoms with van der Waals surface area (Å²) in [6.07, 6.45) is 14.5. The Morgan fingerprint density at radius 1 is 0.710 bits per heavy atom. The molecule has 0 saturated heterocycles. The maximum Gasteiger partial charge on any atom is 0.338 e. The van der Waals surface area contributed by atoms with Gasteiger partial charge in [-0.1, -0.05) is 88.3 Å². The molecular weight excluding hydrogens is 408 g/mol. The zero-order valence-electron chi connectivity index (χ0n) is 18.5. The average molecular weight is 445 g/mol. The summed E-state index contributed by atoms with van der Waals surface area (Å²) in [5, 5.41) is 0. The number of hydrogen-bond acceptors (Lipinski definition) is 4. The molecule has 0 bridgehead atoms. The normalized spacial score (nSPS) is 11.2. The van der Waals surface area contributed by atoms with Gasteiger partial charge >= 0.3 is 10.1 Å². The van der Waals surface area contributed by atoms with Gasteiger partial charge in [-0.2, -0.15) is 8.42 Å². The molecule has 0 aliphatic heterocycles. The van der Waals surface area contributed by atoms with Crippen LogP contribution in [0.4, 0.5) is 0 Å². The first-order valence-electron chi connectivity index (χ1n) is 11.4. The van der Waals surface area contributed by atoms with Gasteiger partial charge in [0, 0.05) is 0 Å². The van der Waals surface area contributed by atoms with Crippen molar-refractivity contribution in [1.29, 1.82) is 0 Å². The summed E-state index contributed by atoms with van der Waals surface area (Å²) < 4.78 is 33.8. The lowest BCUT2D eigenvalue weighted by atomic mass is 10.0. The van der Waals surface area contributed by atoms with E-state index in [-0.39, 0.29) is 4.90 Å². The minimum Gasteiger partial charge on any atom is -0.494 e. The van der Waals surface area contributed by atoms with Gasteiger partial charge in [0.1, 0.15) is 10.6 Å². The monoisotopic (exact) mass is 444 g/mol. The molecule has 0 radical (unpaired) electrons. The molecule has 0 unspecified atom stereocenters. The van der Waals surface area contributed by atoms with E-state index in [1.54, 1.807) is 12.1 Å². The van der Waals surface area contributed by atoms with Crippen LogP contribution in [0.2, 0.25) is 0 Å². The van der Waals surface area contributed by atoms with Gasteiger partial charge in [0.2, 0.25) is 0 Å². The second-order valence-electron chi connectivity index (χ2n) is 7.81. The summed E-state index contributed by atoms with van der Waals surface area (Å²) in [4.78, 5) is 0.167. The van der Waals surface area contributed by atoms with E-state index in [0.29, 0.717) is 0 Å². The van der Waals surface area contributed by atoms with Crippen molar-refractivity contribution in [3.63, 3.8) is 0 Å². The van der Waals surface area contributed by atoms with Crippen molar-refractivity contribution >= 4 is 10.1 Å². The van der Waals surface area contributed by atoms with Crippen molar-refractivity contribution in [3.8, 4) is 5.75 Å². The molecule has 0 saturated carbocycles. The van der Waals surface area contributed by atoms with Crippen LogP contribution < -0.4 is 4.74 Å². The summed E-state index contributed by atoms with van der Waals surface area (Å²) in [6, 6.07) is 16.9. The molecule has 0 heterocycles. The van der Waals surface area contributed by atoms with Gasteiger partial charge in [0.25, 0.3) is 0 Å². The SMILES string of the molecule is C=COS(=O)(=O)c1ccc(CCCCCCCCCCCCOc2ccccc2)cc1. The van der Waals surface area contributed by atoms with E-state index in [4.69, 9.17) is 4.74 Å². The highest BCUT2D eigenvalue weighted by atomic mass is 32.2. The predicted octanol–water partition coefficient (Wildman–Crippen LogP) is 7.06. The fourth-order valence-electron chi connectivity index (χ4n) is 3.52. The molecule has 0 aliphatic rings. The third kappa shape index (κ3) is 10.5. The molecule has 0 amide bonds. The van der Waals surface area contributed by atoms with Gasteiger partial charge in [-0.3, -0.25) is 0 Å². The van der Waals surface area contributed by atoms with Crippen LogP contribution in [0.3, 0.4) is 0 Å². The van der Waals surface area contributed by atoms with Crippen molar-refractivity contribution in [1.82, 2.24) is 0 Å². The molecule has 0 fully saturated rings. The predicted molar refractivity (Wildman–Crippen MR) is 127 cm³/mol. The topological polar surface area (TPSA) is 52.6 Å². The standard InChI is InChI=1S/C26H36O4S/c1-2-30-31(27,28)26-21-19-24(20-22-26)16-12-9-7-5-3-4-6-8-10-15-23-29-25-17-13-11-14-18-25/h2,11,13-14,17-22H,1,3-10,12,15-16,23H2. The molecule has 0 atom stereocenters. The van der Waals surface area contributed by atoms with Crippen LogP contribution in [0.1, 0.15) is 69.8 Å². The van der Waals surface area contributed by atoms with Crippen molar-refractivity contribution in [2.75, 3.05) is 6.61 Å². The molecule has 5 heteroatoms. The second kappa shape index (κ2) is 14.7. The Hall–Kier alpha value is -2.27. The second-order valence-corrected chi connectivity index (χ2v) is 9.38. The number of hydrogen-bond donors (Lipinski definition) is 0. The molecule has 4 nitrogen and oxygen atoms in total. The minimum atomic E-state index is -3.71. The molecule has 2 rings (SSSR count). The molecule has 0 aromatic heterocycles. The summed E-state index contributed by atoms with van der Waals surface area (Å²) in [6.45, 7) is 4.10. The summed E-state index contributed by atoms with van der Waals surface area (Å²) in [5.41, 5.74) is 1.16. The lowest BCUT2D eigenvalue weighted by molar-refractivity contribution is 0.304. The van der Waals surface area contributed by atoms with Crippen LogP contribution in [0.5, 0.6) is 5.75 Å². The lowest BCUT2D eigenvalue weighted by Gasteiger charge is -2.06. The van der Waals surface area contributed by atoms with Crippen molar-refractivity contribution in [2.45, 2.75) is 75.5 Å². The first kappa shape index (κ1) is 25.0. The summed E-state index contributed by atoms with van der Waals surface area (Å²) in [5.74, 6) is 0.963. The molecule has 2 aromatic rings. The maximum absolute atomic E-state index is 11.8. The Morgan fingerprint density at radius 3 is 1.84 bits per heavy atom. The molecule has 0 N–H and O–H groups in total. The van der Waals surface area contributed by atoms with E-state index in [9.17, 15) is 8.42 Å². The number of rotatable bonds is 17. The highest BCUT2D eigenvalue weighted by molar-refractivity contribution is 7.86. The lowest BCUT2D eigenvalue weighted by Crippen LogP contribution is -2.02. The molecule has 2 aromatic carbocycles. The Balaban J connectivity index is 1.41. The number of para-hydroxylation sites is 1. The van der Waals surface area contributed by atoms with Crippen LogP contribution in [-0.2, 0) is 20.7 Å². The van der Waals surface area contributed by atoms with Crippen LogP contribution >= 0.6 is 0 Å². The molecule has 0 aliphatic carbocycles. The third-order valence-corrected chi connectivity index (χ3v) is 6.52. The zero-order chi connectivity index (χ0) is 22.2. The number of benzene rings is 2. The largest absolute Gasteiger partial charge is 0.494 e. The maximum atomic E-state index is 11.8. The highest BCUT2D eigenvalue weighted by Gasteiger charge is 2.13. The summed E-state index contributed by atoms with van der Waals surface area (Å²) >= 11 is 0. The van der Waals surface area contributed by atoms with Crippen LogP contribution in [0, 0.1) is 0 Å². The van der Waals surface area contributed by atoms with Gasteiger partial charge in [-0.25, -0.2) is 0 Å². The first-order valence-corrected chi connectivity index (χ1v) is 12.8. The highest BCUT2D eigenvalue weighted by Crippen LogP contribution is 2.16. The van der Waals surface area contributed by atoms with E-state index in [1.165, 1.54) is 51.4 Å². The Kier molecular flexibility index (Phi) is 11.8. The van der Waals surface area contributed by atoms with E-state index in [2.05, 4.69) is 10.8 Å². The van der Waals surface area contributed by atoms with Crippen molar-refractivity contribution < 1.29 is 17.3 Å². The van der Waals surface area contributed by atoms with E-state index >= 15 is 0 Å². The molecular formula is C26H36O4S. The Bertz CT molecular complexity index is 829. The van der Waals surface area contributed by atoms with Gasteiger partial charge in [-0.15, -0.1) is 0 Å². The molecule has 170 valence electrons. The third-order valence-electron chi connectivity index (χ3n) is 5.28.